The second-order valence-electron chi connectivity index (χ2n) is 9.08. The summed E-state index contributed by atoms with van der Waals surface area (Å²) in [5.41, 5.74) is 2.74. The Labute approximate surface area is 217 Å². The maximum atomic E-state index is 13.6. The van der Waals surface area contributed by atoms with Crippen molar-refractivity contribution in [3.8, 4) is 0 Å². The third-order valence-electron chi connectivity index (χ3n) is 6.80. The van der Waals surface area contributed by atoms with Crippen LogP contribution in [0.5, 0.6) is 0 Å². The Morgan fingerprint density at radius 1 is 0.784 bits per heavy atom. The Hall–Kier alpha value is -4.42. The van der Waals surface area contributed by atoms with Crippen LogP contribution in [0.1, 0.15) is 17.3 Å². The zero-order valence-electron chi connectivity index (χ0n) is 19.8. The molecule has 0 radical (unpaired) electrons. The molecule has 178 valence electrons. The van der Waals surface area contributed by atoms with Gasteiger partial charge in [-0.1, -0.05) is 109 Å². The topological polar surface area (TPSA) is 57.1 Å². The van der Waals surface area contributed by atoms with Crippen molar-refractivity contribution >= 4 is 50.1 Å². The van der Waals surface area contributed by atoms with Gasteiger partial charge < -0.3 is 0 Å². The molecule has 5 aromatic carbocycles. The van der Waals surface area contributed by atoms with E-state index in [2.05, 4.69) is 72.0 Å². The van der Waals surface area contributed by atoms with Gasteiger partial charge in [-0.3, -0.25) is 15.1 Å². The molecule has 5 aromatic rings. The molecule has 0 unspecified atom stereocenters. The quantitative estimate of drug-likeness (QED) is 0.354. The van der Waals surface area contributed by atoms with Gasteiger partial charge in [-0.2, -0.15) is 0 Å². The largest absolute Gasteiger partial charge is 0.298 e. The van der Waals surface area contributed by atoms with Gasteiger partial charge in [0, 0.05) is 16.5 Å². The van der Waals surface area contributed by atoms with Crippen LogP contribution >= 0.6 is 11.8 Å². The van der Waals surface area contributed by atoms with Crippen LogP contribution in [0.2, 0.25) is 0 Å². The van der Waals surface area contributed by atoms with Gasteiger partial charge in [0.15, 0.2) is 11.3 Å². The predicted octanol–water partition coefficient (Wildman–Crippen LogP) is 5.07. The van der Waals surface area contributed by atoms with E-state index in [4.69, 9.17) is 10.1 Å². The molecule has 2 aliphatic rings. The highest BCUT2D eigenvalue weighted by atomic mass is 32.2. The summed E-state index contributed by atoms with van der Waals surface area (Å²) in [6, 6.07) is 36.9. The number of carbonyl (C=O) groups is 1. The van der Waals surface area contributed by atoms with E-state index >= 15 is 0 Å². The van der Waals surface area contributed by atoms with Crippen molar-refractivity contribution in [2.24, 2.45) is 10.1 Å². The molecule has 5 nitrogen and oxygen atoms in total. The first-order chi connectivity index (χ1) is 18.3. The summed E-state index contributed by atoms with van der Waals surface area (Å²) in [5.74, 6) is 0.543. The minimum atomic E-state index is -0.487. The zero-order valence-corrected chi connectivity index (χ0v) is 20.7. The third-order valence-corrected chi connectivity index (χ3v) is 7.74. The molecule has 6 heteroatoms. The average molecular weight is 499 g/mol. The summed E-state index contributed by atoms with van der Waals surface area (Å²) >= 11 is 1.52. The summed E-state index contributed by atoms with van der Waals surface area (Å²) < 4.78 is 0. The van der Waals surface area contributed by atoms with E-state index in [-0.39, 0.29) is 5.91 Å². The molecule has 1 N–H and O–H groups in total. The van der Waals surface area contributed by atoms with E-state index in [1.165, 1.54) is 17.3 Å². The lowest BCUT2D eigenvalue weighted by atomic mass is 9.94. The summed E-state index contributed by atoms with van der Waals surface area (Å²) in [6.45, 7) is 0. The standard InChI is InChI=1S/C31H22N4OS/c36-30-28-25-16-8-9-17-26(25)32-29(35(28)34-31(33-30)37-19-20-10-2-1-3-11-20)27-23-14-6-4-12-21(23)18-22-13-5-7-15-24(22)27/h1-18,29H,19H2,(H,33,34,36)/t29-/m1/s1. The van der Waals surface area contributed by atoms with Crippen molar-refractivity contribution in [1.82, 2.24) is 10.3 Å². The molecule has 0 fully saturated rings. The molecule has 0 bridgehead atoms. The molecule has 0 saturated heterocycles. The molecule has 0 spiro atoms. The summed E-state index contributed by atoms with van der Waals surface area (Å²) in [5, 5.41) is 16.5. The van der Waals surface area contributed by atoms with Gasteiger partial charge >= 0.3 is 0 Å². The van der Waals surface area contributed by atoms with Gasteiger partial charge in [-0.15, -0.1) is 5.10 Å². The summed E-state index contributed by atoms with van der Waals surface area (Å²) in [4.78, 5) is 18.8. The highest BCUT2D eigenvalue weighted by Crippen LogP contribution is 2.39. The number of thioether (sulfide) groups is 1. The number of hydrazone groups is 1. The van der Waals surface area contributed by atoms with Crippen molar-refractivity contribution in [3.63, 3.8) is 0 Å². The second kappa shape index (κ2) is 8.91. The predicted molar refractivity (Wildman–Crippen MR) is 150 cm³/mol. The highest BCUT2D eigenvalue weighted by molar-refractivity contribution is 8.13. The van der Waals surface area contributed by atoms with E-state index in [9.17, 15) is 4.79 Å². The molecule has 7 rings (SSSR count). The Balaban J connectivity index is 1.45. The molecule has 1 atom stereocenters. The third kappa shape index (κ3) is 3.77. The molecule has 0 saturated carbocycles. The van der Waals surface area contributed by atoms with Gasteiger partial charge in [0.2, 0.25) is 0 Å². The minimum Gasteiger partial charge on any atom is -0.298 e. The van der Waals surface area contributed by atoms with Crippen molar-refractivity contribution in [2.45, 2.75) is 11.9 Å². The maximum Gasteiger partial charge on any atom is 0.276 e. The maximum absolute atomic E-state index is 13.6. The number of hydrogen-bond donors (Lipinski definition) is 1. The Morgan fingerprint density at radius 3 is 2.19 bits per heavy atom. The van der Waals surface area contributed by atoms with Crippen LogP contribution in [-0.4, -0.2) is 16.1 Å². The van der Waals surface area contributed by atoms with Crippen LogP contribution in [-0.2, 0) is 10.5 Å². The van der Waals surface area contributed by atoms with Crippen molar-refractivity contribution in [2.75, 3.05) is 0 Å². The summed E-state index contributed by atoms with van der Waals surface area (Å²) in [7, 11) is 0. The van der Waals surface area contributed by atoms with Crippen LogP contribution < -0.4 is 15.9 Å². The molecule has 0 aromatic heterocycles. The molecular formula is C31H22N4OS. The number of carbonyl (C=O) groups excluding carboxylic acids is 1. The number of rotatable bonds is 3. The zero-order chi connectivity index (χ0) is 24.8. The Bertz CT molecular complexity index is 1790. The van der Waals surface area contributed by atoms with E-state index in [0.717, 1.165) is 37.7 Å². The van der Waals surface area contributed by atoms with Gasteiger partial charge in [0.05, 0.1) is 5.36 Å². The number of fused-ring (bicyclic) bond motifs is 4. The fourth-order valence-electron chi connectivity index (χ4n) is 5.13. The average Bonchev–Trinajstić information content (AvgIpc) is 2.95. The van der Waals surface area contributed by atoms with E-state index < -0.39 is 6.17 Å². The van der Waals surface area contributed by atoms with Crippen LogP contribution in [0.4, 0.5) is 0 Å². The van der Waals surface area contributed by atoms with E-state index in [1.54, 1.807) is 0 Å². The number of nitrogens with zero attached hydrogens (tertiary/aromatic N) is 3. The lowest BCUT2D eigenvalue weighted by molar-refractivity contribution is -0.116. The highest BCUT2D eigenvalue weighted by Gasteiger charge is 2.35. The van der Waals surface area contributed by atoms with Gasteiger partial charge in [-0.05, 0) is 39.2 Å². The van der Waals surface area contributed by atoms with Crippen LogP contribution in [0.15, 0.2) is 119 Å². The molecular weight excluding hydrogens is 476 g/mol. The van der Waals surface area contributed by atoms with E-state index in [0.29, 0.717) is 16.6 Å². The van der Waals surface area contributed by atoms with Crippen molar-refractivity contribution in [3.05, 3.63) is 131 Å². The lowest BCUT2D eigenvalue weighted by Gasteiger charge is -2.35. The van der Waals surface area contributed by atoms with E-state index in [1.807, 2.05) is 47.5 Å². The first-order valence-corrected chi connectivity index (χ1v) is 13.2. The van der Waals surface area contributed by atoms with Gasteiger partial charge in [-0.25, -0.2) is 5.01 Å². The first kappa shape index (κ1) is 21.8. The smallest absolute Gasteiger partial charge is 0.276 e. The number of nitrogens with one attached hydrogen (secondary N) is 1. The minimum absolute atomic E-state index is 0.164. The molecule has 1 amide bonds. The van der Waals surface area contributed by atoms with Crippen molar-refractivity contribution in [1.29, 1.82) is 0 Å². The molecule has 2 aliphatic heterocycles. The van der Waals surface area contributed by atoms with Crippen LogP contribution in [0, 0.1) is 0 Å². The number of amides is 1. The van der Waals surface area contributed by atoms with Crippen LogP contribution in [0.3, 0.4) is 0 Å². The van der Waals surface area contributed by atoms with Crippen molar-refractivity contribution < 1.29 is 4.79 Å². The molecule has 2 heterocycles. The Morgan fingerprint density at radius 2 is 1.43 bits per heavy atom. The van der Waals surface area contributed by atoms with Crippen LogP contribution in [0.25, 0.3) is 27.2 Å². The Kier molecular flexibility index (Phi) is 5.26. The monoisotopic (exact) mass is 498 g/mol. The van der Waals surface area contributed by atoms with Gasteiger partial charge in [0.25, 0.3) is 5.91 Å². The fourth-order valence-corrected chi connectivity index (χ4v) is 5.94. The molecule has 0 aliphatic carbocycles. The SMILES string of the molecule is O=C1NC(SCc2ccccc2)=NN2C1=c1ccccc1=N[C@H]2c1c2ccccc2cc2ccccc12. The number of amidine groups is 1. The normalized spacial score (nSPS) is 16.6. The van der Waals surface area contributed by atoms with Gasteiger partial charge in [0.1, 0.15) is 5.70 Å². The number of para-hydroxylation sites is 1. The lowest BCUT2D eigenvalue weighted by Crippen LogP contribution is -2.50. The fraction of sp³-hybridized carbons (Fsp3) is 0.0645. The summed E-state index contributed by atoms with van der Waals surface area (Å²) in [6.07, 6.45) is -0.487. The number of hydrogen-bond acceptors (Lipinski definition) is 5. The second-order valence-corrected chi connectivity index (χ2v) is 10.0. The number of benzene rings is 5. The first-order valence-electron chi connectivity index (χ1n) is 12.2. The molecule has 37 heavy (non-hydrogen) atoms.